The summed E-state index contributed by atoms with van der Waals surface area (Å²) in [5, 5.41) is 12.0. The van der Waals surface area contributed by atoms with E-state index in [-0.39, 0.29) is 0 Å². The van der Waals surface area contributed by atoms with Crippen LogP contribution >= 0.6 is 0 Å². The zero-order valence-corrected chi connectivity index (χ0v) is 9.12. The molecule has 1 rings (SSSR count). The Labute approximate surface area is 86.0 Å². The maximum atomic E-state index is 9.05. The lowest BCUT2D eigenvalue weighted by Gasteiger charge is -2.09. The average molecular weight is 193 g/mol. The Kier molecular flexibility index (Phi) is 4.11. The molecule has 0 spiro atoms. The summed E-state index contributed by atoms with van der Waals surface area (Å²) in [6, 6.07) is 8.49. The maximum absolute atomic E-state index is 9.05. The van der Waals surface area contributed by atoms with Gasteiger partial charge in [-0.3, -0.25) is 5.32 Å². The van der Waals surface area contributed by atoms with Crippen molar-refractivity contribution in [2.24, 2.45) is 0 Å². The molecule has 0 saturated heterocycles. The van der Waals surface area contributed by atoms with Crippen molar-refractivity contribution in [1.82, 2.24) is 5.32 Å². The van der Waals surface area contributed by atoms with Gasteiger partial charge in [-0.1, -0.05) is 38.1 Å². The van der Waals surface area contributed by atoms with E-state index in [0.717, 1.165) is 6.54 Å². The molecule has 0 saturated carbocycles. The third-order valence-electron chi connectivity index (χ3n) is 2.25. The van der Waals surface area contributed by atoms with E-state index in [0.29, 0.717) is 5.92 Å². The van der Waals surface area contributed by atoms with Crippen LogP contribution in [0.5, 0.6) is 0 Å². The minimum absolute atomic E-state index is 0.445. The van der Waals surface area contributed by atoms with Crippen LogP contribution in [0.1, 0.15) is 37.8 Å². The summed E-state index contributed by atoms with van der Waals surface area (Å²) < 4.78 is 0. The molecule has 0 aromatic heterocycles. The largest absolute Gasteiger partial charge is 0.379 e. The minimum atomic E-state index is -0.445. The lowest BCUT2D eigenvalue weighted by molar-refractivity contribution is 0.155. The number of aliphatic hydroxyl groups is 1. The third kappa shape index (κ3) is 3.48. The van der Waals surface area contributed by atoms with Gasteiger partial charge in [0.2, 0.25) is 0 Å². The first-order chi connectivity index (χ1) is 6.59. The molecule has 1 aromatic carbocycles. The van der Waals surface area contributed by atoms with Gasteiger partial charge in [-0.25, -0.2) is 0 Å². The maximum Gasteiger partial charge on any atom is 0.102 e. The molecule has 1 aromatic rings. The van der Waals surface area contributed by atoms with Crippen LogP contribution < -0.4 is 5.32 Å². The van der Waals surface area contributed by atoms with Gasteiger partial charge in [0.15, 0.2) is 0 Å². The van der Waals surface area contributed by atoms with E-state index in [9.17, 15) is 0 Å². The fourth-order valence-electron chi connectivity index (χ4n) is 1.29. The Hall–Kier alpha value is -0.860. The Morgan fingerprint density at radius 3 is 2.14 bits per heavy atom. The van der Waals surface area contributed by atoms with Crippen LogP contribution in [0.15, 0.2) is 24.3 Å². The van der Waals surface area contributed by atoms with Gasteiger partial charge in [0.05, 0.1) is 0 Å². The fourth-order valence-corrected chi connectivity index (χ4v) is 1.29. The molecule has 2 heteroatoms. The quantitative estimate of drug-likeness (QED) is 0.719. The van der Waals surface area contributed by atoms with Crippen LogP contribution in [0.2, 0.25) is 0 Å². The first-order valence-electron chi connectivity index (χ1n) is 5.10. The van der Waals surface area contributed by atoms with Crippen molar-refractivity contribution in [2.75, 3.05) is 0 Å². The van der Waals surface area contributed by atoms with Crippen LogP contribution in [0, 0.1) is 0 Å². The number of hydrogen-bond donors (Lipinski definition) is 2. The van der Waals surface area contributed by atoms with Gasteiger partial charge in [0.25, 0.3) is 0 Å². The average Bonchev–Trinajstić information content (AvgIpc) is 2.15. The van der Waals surface area contributed by atoms with Crippen molar-refractivity contribution < 1.29 is 5.11 Å². The van der Waals surface area contributed by atoms with E-state index in [4.69, 9.17) is 5.11 Å². The molecule has 0 amide bonds. The molecular weight excluding hydrogens is 174 g/mol. The smallest absolute Gasteiger partial charge is 0.102 e. The van der Waals surface area contributed by atoms with E-state index in [1.165, 1.54) is 11.1 Å². The lowest BCUT2D eigenvalue weighted by atomic mass is 10.0. The molecule has 0 aliphatic rings. The first kappa shape index (κ1) is 11.2. The zero-order chi connectivity index (χ0) is 10.6. The molecule has 14 heavy (non-hydrogen) atoms. The summed E-state index contributed by atoms with van der Waals surface area (Å²) in [5.74, 6) is 0.578. The molecule has 1 unspecified atom stereocenters. The van der Waals surface area contributed by atoms with Gasteiger partial charge >= 0.3 is 0 Å². The van der Waals surface area contributed by atoms with Gasteiger partial charge in [-0.2, -0.15) is 0 Å². The second-order valence-electron chi connectivity index (χ2n) is 3.95. The normalized spacial score (nSPS) is 13.2. The molecule has 1 atom stereocenters. The third-order valence-corrected chi connectivity index (χ3v) is 2.25. The summed E-state index contributed by atoms with van der Waals surface area (Å²) >= 11 is 0. The summed E-state index contributed by atoms with van der Waals surface area (Å²) in [6.07, 6.45) is -0.445. The van der Waals surface area contributed by atoms with Crippen LogP contribution in [-0.4, -0.2) is 11.3 Å². The molecule has 0 bridgehead atoms. The second kappa shape index (κ2) is 5.13. The minimum Gasteiger partial charge on any atom is -0.379 e. The van der Waals surface area contributed by atoms with E-state index < -0.39 is 6.23 Å². The van der Waals surface area contributed by atoms with Crippen molar-refractivity contribution in [1.29, 1.82) is 0 Å². The summed E-state index contributed by atoms with van der Waals surface area (Å²) in [4.78, 5) is 0. The molecule has 0 heterocycles. The van der Waals surface area contributed by atoms with E-state index >= 15 is 0 Å². The van der Waals surface area contributed by atoms with Gasteiger partial charge < -0.3 is 5.11 Å². The number of nitrogens with one attached hydrogen (secondary N) is 1. The molecule has 0 radical (unpaired) electrons. The van der Waals surface area contributed by atoms with Crippen molar-refractivity contribution in [3.63, 3.8) is 0 Å². The molecule has 0 aliphatic carbocycles. The number of hydrogen-bond acceptors (Lipinski definition) is 2. The fraction of sp³-hybridized carbons (Fsp3) is 0.500. The first-order valence-corrected chi connectivity index (χ1v) is 5.10. The van der Waals surface area contributed by atoms with Crippen LogP contribution in [0.25, 0.3) is 0 Å². The number of rotatable bonds is 4. The Morgan fingerprint density at radius 2 is 1.71 bits per heavy atom. The van der Waals surface area contributed by atoms with Gasteiger partial charge in [0, 0.05) is 6.54 Å². The van der Waals surface area contributed by atoms with E-state index in [2.05, 4.69) is 43.4 Å². The highest BCUT2D eigenvalue weighted by atomic mass is 16.3. The van der Waals surface area contributed by atoms with E-state index in [1.54, 1.807) is 6.92 Å². The highest BCUT2D eigenvalue weighted by molar-refractivity contribution is 5.24. The zero-order valence-electron chi connectivity index (χ0n) is 9.12. The Morgan fingerprint density at radius 1 is 1.14 bits per heavy atom. The predicted molar refractivity (Wildman–Crippen MR) is 59.1 cm³/mol. The summed E-state index contributed by atoms with van der Waals surface area (Å²) in [7, 11) is 0. The standard InChI is InChI=1S/C12H19NO/c1-9(2)12-6-4-11(5-7-12)8-13-10(3)14/h4-7,9-10,13-14H,8H2,1-3H3. The van der Waals surface area contributed by atoms with Crippen molar-refractivity contribution in [3.05, 3.63) is 35.4 Å². The van der Waals surface area contributed by atoms with Crippen LogP contribution in [-0.2, 0) is 6.54 Å². The monoisotopic (exact) mass is 193 g/mol. The van der Waals surface area contributed by atoms with Crippen molar-refractivity contribution in [3.8, 4) is 0 Å². The summed E-state index contributed by atoms with van der Waals surface area (Å²) in [6.45, 7) is 6.81. The van der Waals surface area contributed by atoms with Gasteiger partial charge in [0.1, 0.15) is 6.23 Å². The molecule has 0 aliphatic heterocycles. The van der Waals surface area contributed by atoms with E-state index in [1.807, 2.05) is 0 Å². The van der Waals surface area contributed by atoms with Crippen LogP contribution in [0.3, 0.4) is 0 Å². The number of aliphatic hydroxyl groups excluding tert-OH is 1. The Bertz CT molecular complexity index is 264. The van der Waals surface area contributed by atoms with Crippen molar-refractivity contribution in [2.45, 2.75) is 39.5 Å². The second-order valence-corrected chi connectivity index (χ2v) is 3.95. The molecule has 2 nitrogen and oxygen atoms in total. The SMILES string of the molecule is CC(O)NCc1ccc(C(C)C)cc1. The molecule has 0 fully saturated rings. The number of benzene rings is 1. The van der Waals surface area contributed by atoms with Gasteiger partial charge in [-0.15, -0.1) is 0 Å². The lowest BCUT2D eigenvalue weighted by Crippen LogP contribution is -2.24. The Balaban J connectivity index is 2.55. The van der Waals surface area contributed by atoms with Crippen molar-refractivity contribution >= 4 is 0 Å². The highest BCUT2D eigenvalue weighted by Gasteiger charge is 1.99. The highest BCUT2D eigenvalue weighted by Crippen LogP contribution is 2.14. The van der Waals surface area contributed by atoms with Gasteiger partial charge in [-0.05, 0) is 24.0 Å². The van der Waals surface area contributed by atoms with Crippen LogP contribution in [0.4, 0.5) is 0 Å². The molecular formula is C12H19NO. The summed E-state index contributed by atoms with van der Waals surface area (Å²) in [5.41, 5.74) is 2.56. The molecule has 78 valence electrons. The predicted octanol–water partition coefficient (Wildman–Crippen LogP) is 2.24. The molecule has 2 N–H and O–H groups in total. The topological polar surface area (TPSA) is 32.3 Å².